The third kappa shape index (κ3) is 3.18. The first-order chi connectivity index (χ1) is 10.0. The van der Waals surface area contributed by atoms with Gasteiger partial charge >= 0.3 is 5.97 Å². The van der Waals surface area contributed by atoms with Crippen LogP contribution in [0.5, 0.6) is 0 Å². The summed E-state index contributed by atoms with van der Waals surface area (Å²) in [5, 5.41) is 3.60. The van der Waals surface area contributed by atoms with E-state index in [0.29, 0.717) is 11.1 Å². The van der Waals surface area contributed by atoms with E-state index < -0.39 is 12.0 Å². The van der Waals surface area contributed by atoms with Crippen LogP contribution in [-0.4, -0.2) is 30.0 Å². The van der Waals surface area contributed by atoms with Crippen molar-refractivity contribution in [2.24, 2.45) is 5.92 Å². The van der Waals surface area contributed by atoms with Crippen molar-refractivity contribution in [2.75, 3.05) is 7.11 Å². The van der Waals surface area contributed by atoms with Crippen molar-refractivity contribution in [3.63, 3.8) is 0 Å². The molecule has 1 aromatic carbocycles. The average molecular weight is 286 g/mol. The summed E-state index contributed by atoms with van der Waals surface area (Å²) in [4.78, 5) is 28.4. The van der Waals surface area contributed by atoms with Gasteiger partial charge in [0.05, 0.1) is 18.2 Å². The molecule has 1 atom stereocenters. The molecule has 1 N–H and O–H groups in total. The Morgan fingerprint density at radius 1 is 1.19 bits per heavy atom. The summed E-state index contributed by atoms with van der Waals surface area (Å²) in [6.07, 6.45) is 1.64. The molecule has 0 radical (unpaired) electrons. The largest absolute Gasteiger partial charge is 0.467 e. The number of carbonyl (C=O) groups excluding carboxylic acids is 2. The molecule has 1 heterocycles. The van der Waals surface area contributed by atoms with Gasteiger partial charge in [0, 0.05) is 11.6 Å². The highest BCUT2D eigenvalue weighted by Crippen LogP contribution is 2.16. The Morgan fingerprint density at radius 2 is 1.90 bits per heavy atom. The van der Waals surface area contributed by atoms with Crippen molar-refractivity contribution < 1.29 is 14.3 Å². The molecule has 2 rings (SSSR count). The van der Waals surface area contributed by atoms with Gasteiger partial charge in [0.25, 0.3) is 5.91 Å². The predicted octanol–water partition coefficient (Wildman–Crippen LogP) is 2.16. The molecule has 0 fully saturated rings. The molecule has 2 aromatic rings. The van der Waals surface area contributed by atoms with Crippen molar-refractivity contribution in [2.45, 2.75) is 19.9 Å². The summed E-state index contributed by atoms with van der Waals surface area (Å²) in [5.41, 5.74) is 1.06. The lowest BCUT2D eigenvalue weighted by Crippen LogP contribution is -2.45. The average Bonchev–Trinajstić information content (AvgIpc) is 2.50. The van der Waals surface area contributed by atoms with Gasteiger partial charge in [0.15, 0.2) is 0 Å². The molecule has 5 heteroatoms. The van der Waals surface area contributed by atoms with Crippen LogP contribution in [0.1, 0.15) is 24.2 Å². The zero-order valence-corrected chi connectivity index (χ0v) is 12.3. The summed E-state index contributed by atoms with van der Waals surface area (Å²) < 4.78 is 4.73. The maximum Gasteiger partial charge on any atom is 0.328 e. The van der Waals surface area contributed by atoms with Gasteiger partial charge in [-0.2, -0.15) is 0 Å². The van der Waals surface area contributed by atoms with Crippen molar-refractivity contribution in [1.82, 2.24) is 10.3 Å². The minimum Gasteiger partial charge on any atom is -0.467 e. The predicted molar refractivity (Wildman–Crippen MR) is 79.9 cm³/mol. The molecule has 0 saturated heterocycles. The van der Waals surface area contributed by atoms with E-state index in [1.165, 1.54) is 7.11 Å². The minimum absolute atomic E-state index is 0.0654. The monoisotopic (exact) mass is 286 g/mol. The van der Waals surface area contributed by atoms with Crippen molar-refractivity contribution >= 4 is 22.8 Å². The second-order valence-electron chi connectivity index (χ2n) is 5.10. The fourth-order valence-electron chi connectivity index (χ4n) is 2.13. The molecule has 0 bridgehead atoms. The normalized spacial score (nSPS) is 12.2. The summed E-state index contributed by atoms with van der Waals surface area (Å²) in [5.74, 6) is -0.848. The summed E-state index contributed by atoms with van der Waals surface area (Å²) in [6.45, 7) is 3.70. The van der Waals surface area contributed by atoms with Crippen molar-refractivity contribution in [3.8, 4) is 0 Å². The number of rotatable bonds is 4. The van der Waals surface area contributed by atoms with E-state index in [2.05, 4.69) is 10.3 Å². The van der Waals surface area contributed by atoms with Gasteiger partial charge in [0.1, 0.15) is 6.04 Å². The van der Waals surface area contributed by atoms with Crippen LogP contribution in [0.3, 0.4) is 0 Å². The fraction of sp³-hybridized carbons (Fsp3) is 0.312. The molecule has 0 aliphatic carbocycles. The van der Waals surface area contributed by atoms with Gasteiger partial charge in [0.2, 0.25) is 0 Å². The second kappa shape index (κ2) is 6.35. The summed E-state index contributed by atoms with van der Waals surface area (Å²) in [6, 6.07) is 8.40. The van der Waals surface area contributed by atoms with Gasteiger partial charge in [-0.15, -0.1) is 0 Å². The molecule has 0 aliphatic rings. The quantitative estimate of drug-likeness (QED) is 0.875. The molecule has 110 valence electrons. The lowest BCUT2D eigenvalue weighted by Gasteiger charge is -2.20. The van der Waals surface area contributed by atoms with Crippen LogP contribution in [0.4, 0.5) is 0 Å². The highest BCUT2D eigenvalue weighted by molar-refractivity contribution is 6.06. The third-order valence-corrected chi connectivity index (χ3v) is 3.29. The number of fused-ring (bicyclic) bond motifs is 1. The SMILES string of the molecule is COC(=O)C(NC(=O)c1cccc2cccnc12)C(C)C. The number of benzene rings is 1. The maximum absolute atomic E-state index is 12.4. The lowest BCUT2D eigenvalue weighted by molar-refractivity contribution is -0.144. The first-order valence-electron chi connectivity index (χ1n) is 6.77. The minimum atomic E-state index is -0.679. The number of para-hydroxylation sites is 1. The zero-order chi connectivity index (χ0) is 15.4. The van der Waals surface area contributed by atoms with Crippen LogP contribution in [0.15, 0.2) is 36.5 Å². The summed E-state index contributed by atoms with van der Waals surface area (Å²) in [7, 11) is 1.31. The fourth-order valence-corrected chi connectivity index (χ4v) is 2.13. The van der Waals surface area contributed by atoms with E-state index in [0.717, 1.165) is 5.39 Å². The van der Waals surface area contributed by atoms with Gasteiger partial charge in [-0.1, -0.05) is 32.0 Å². The molecule has 0 aliphatic heterocycles. The van der Waals surface area contributed by atoms with E-state index in [1.807, 2.05) is 32.0 Å². The number of carbonyl (C=O) groups is 2. The Balaban J connectivity index is 2.32. The molecule has 5 nitrogen and oxygen atoms in total. The first-order valence-corrected chi connectivity index (χ1v) is 6.77. The third-order valence-electron chi connectivity index (χ3n) is 3.29. The van der Waals surface area contributed by atoms with Crippen LogP contribution in [0, 0.1) is 5.92 Å². The number of ether oxygens (including phenoxy) is 1. The van der Waals surface area contributed by atoms with E-state index in [-0.39, 0.29) is 11.8 Å². The Morgan fingerprint density at radius 3 is 2.57 bits per heavy atom. The maximum atomic E-state index is 12.4. The number of esters is 1. The van der Waals surface area contributed by atoms with Crippen LogP contribution in [0.25, 0.3) is 10.9 Å². The Bertz CT molecular complexity index is 662. The first kappa shape index (κ1) is 15.0. The van der Waals surface area contributed by atoms with Crippen LogP contribution in [0.2, 0.25) is 0 Å². The lowest BCUT2D eigenvalue weighted by atomic mass is 10.0. The highest BCUT2D eigenvalue weighted by atomic mass is 16.5. The van der Waals surface area contributed by atoms with Crippen molar-refractivity contribution in [1.29, 1.82) is 0 Å². The molecule has 1 unspecified atom stereocenters. The van der Waals surface area contributed by atoms with E-state index in [4.69, 9.17) is 4.74 Å². The number of nitrogens with one attached hydrogen (secondary N) is 1. The van der Waals surface area contributed by atoms with E-state index in [9.17, 15) is 9.59 Å². The number of nitrogens with zero attached hydrogens (tertiary/aromatic N) is 1. The Hall–Kier alpha value is -2.43. The molecular weight excluding hydrogens is 268 g/mol. The van der Waals surface area contributed by atoms with Gasteiger partial charge in [-0.05, 0) is 18.1 Å². The zero-order valence-electron chi connectivity index (χ0n) is 12.3. The second-order valence-corrected chi connectivity index (χ2v) is 5.10. The Kier molecular flexibility index (Phi) is 4.52. The standard InChI is InChI=1S/C16H18N2O3/c1-10(2)13(16(20)21-3)18-15(19)12-8-4-6-11-7-5-9-17-14(11)12/h4-10,13H,1-3H3,(H,18,19). The number of pyridine rings is 1. The number of aromatic nitrogens is 1. The molecule has 1 amide bonds. The molecular formula is C16H18N2O3. The Labute approximate surface area is 123 Å². The van der Waals surface area contributed by atoms with Gasteiger partial charge in [-0.3, -0.25) is 9.78 Å². The van der Waals surface area contributed by atoms with Gasteiger partial charge < -0.3 is 10.1 Å². The number of hydrogen-bond donors (Lipinski definition) is 1. The number of methoxy groups -OCH3 is 1. The van der Waals surface area contributed by atoms with E-state index >= 15 is 0 Å². The molecule has 1 aromatic heterocycles. The van der Waals surface area contributed by atoms with Crippen molar-refractivity contribution in [3.05, 3.63) is 42.1 Å². The smallest absolute Gasteiger partial charge is 0.328 e. The van der Waals surface area contributed by atoms with Crippen LogP contribution < -0.4 is 5.32 Å². The molecule has 0 spiro atoms. The topological polar surface area (TPSA) is 68.3 Å². The summed E-state index contributed by atoms with van der Waals surface area (Å²) >= 11 is 0. The molecule has 21 heavy (non-hydrogen) atoms. The molecule has 0 saturated carbocycles. The number of amides is 1. The van der Waals surface area contributed by atoms with E-state index in [1.54, 1.807) is 18.3 Å². The number of hydrogen-bond acceptors (Lipinski definition) is 4. The van der Waals surface area contributed by atoms with Gasteiger partial charge in [-0.25, -0.2) is 4.79 Å². The van der Waals surface area contributed by atoms with Crippen LogP contribution in [-0.2, 0) is 9.53 Å². The highest BCUT2D eigenvalue weighted by Gasteiger charge is 2.26. The van der Waals surface area contributed by atoms with Crippen LogP contribution >= 0.6 is 0 Å².